The maximum atomic E-state index is 12.9. The van der Waals surface area contributed by atoms with Crippen molar-refractivity contribution in [2.45, 2.75) is 380 Å². The molecule has 0 saturated heterocycles. The number of hydrogen-bond donors (Lipinski definition) is 0. The first-order valence-electron chi connectivity index (χ1n) is 37.3. The Bertz CT molecular complexity index is 1590. The fourth-order valence-corrected chi connectivity index (χ4v) is 11.8. The minimum absolute atomic E-state index is 0.0292. The van der Waals surface area contributed by atoms with Gasteiger partial charge in [-0.1, -0.05) is 332 Å². The summed E-state index contributed by atoms with van der Waals surface area (Å²) >= 11 is 0. The molecule has 0 saturated carbocycles. The Kier molecular flexibility index (Phi) is 65.8. The third-order valence-corrected chi connectivity index (χ3v) is 17.8. The molecule has 0 heterocycles. The molecule has 0 aliphatic carbocycles. The van der Waals surface area contributed by atoms with Crippen molar-refractivity contribution in [1.82, 2.24) is 0 Å². The van der Waals surface area contributed by atoms with Crippen LogP contribution in [-0.2, 0) is 32.7 Å². The maximum Gasteiger partial charge on any atom is 0.306 e. The number of allylic oxidation sites excluding steroid dienone is 8. The summed E-state index contributed by atoms with van der Waals surface area (Å²) in [5.74, 6) is -0.817. The van der Waals surface area contributed by atoms with Crippen LogP contribution in [0.3, 0.4) is 0 Å². The molecule has 0 spiro atoms. The van der Waals surface area contributed by atoms with E-state index >= 15 is 0 Å². The predicted octanol–water partition coefficient (Wildman–Crippen LogP) is 23.8. The molecule has 9 nitrogen and oxygen atoms in total. The van der Waals surface area contributed by atoms with E-state index in [9.17, 15) is 19.0 Å². The van der Waals surface area contributed by atoms with Crippen LogP contribution in [0.5, 0.6) is 0 Å². The van der Waals surface area contributed by atoms with Crippen LogP contribution < -0.4 is 4.89 Å². The highest BCUT2D eigenvalue weighted by atomic mass is 31.2. The molecule has 10 heteroatoms. The van der Waals surface area contributed by atoms with Gasteiger partial charge in [0.25, 0.3) is 7.82 Å². The van der Waals surface area contributed by atoms with Crippen molar-refractivity contribution in [3.8, 4) is 0 Å². The summed E-state index contributed by atoms with van der Waals surface area (Å²) in [4.78, 5) is 38.1. The van der Waals surface area contributed by atoms with Crippen molar-refractivity contribution < 1.29 is 42.1 Å². The van der Waals surface area contributed by atoms with E-state index in [1.807, 2.05) is 21.1 Å². The van der Waals surface area contributed by atoms with E-state index in [0.29, 0.717) is 17.4 Å². The van der Waals surface area contributed by atoms with Crippen LogP contribution in [0.2, 0.25) is 0 Å². The van der Waals surface area contributed by atoms with E-state index in [-0.39, 0.29) is 32.0 Å². The van der Waals surface area contributed by atoms with Crippen LogP contribution in [-0.4, -0.2) is 70.0 Å². The van der Waals surface area contributed by atoms with E-state index < -0.39 is 26.5 Å². The largest absolute Gasteiger partial charge is 0.756 e. The molecule has 0 aliphatic rings. The molecule has 0 radical (unpaired) electrons. The Morgan fingerprint density at radius 1 is 0.360 bits per heavy atom. The molecule has 0 N–H and O–H groups in total. The lowest BCUT2D eigenvalue weighted by Crippen LogP contribution is -2.37. The number of rotatable bonds is 70. The van der Waals surface area contributed by atoms with Gasteiger partial charge in [-0.15, -0.1) is 0 Å². The number of likely N-dealkylation sites (N-methyl/N-ethyl adjacent to an activating group) is 1. The summed E-state index contributed by atoms with van der Waals surface area (Å²) in [6.45, 7) is 4.28. The quantitative estimate of drug-likeness (QED) is 0.0195. The lowest BCUT2D eigenvalue weighted by atomic mass is 10.0. The Morgan fingerprint density at radius 2 is 0.628 bits per heavy atom. The number of carbonyl (C=O) groups is 2. The zero-order valence-electron chi connectivity index (χ0n) is 57.8. The normalized spacial score (nSPS) is 13.3. The van der Waals surface area contributed by atoms with Gasteiger partial charge in [0, 0.05) is 12.8 Å². The van der Waals surface area contributed by atoms with E-state index in [1.54, 1.807) is 0 Å². The Balaban J connectivity index is 3.91. The topological polar surface area (TPSA) is 111 Å². The number of phosphoric acid groups is 1. The van der Waals surface area contributed by atoms with Gasteiger partial charge >= 0.3 is 11.9 Å². The standard InChI is InChI=1S/C76H144NO8P/c1-6-8-10-12-14-16-18-20-22-24-26-28-30-31-32-33-34-35-36-37-38-39-40-41-42-43-44-45-47-49-51-53-55-57-59-61-63-65-67-69-76(79)85-74(73-84-86(80,81)83-71-70-77(3,4)5)72-82-75(78)68-66-64-62-60-58-56-54-52-50-48-46-29-27-25-23-21-19-17-15-13-11-9-7-2/h18-21,24-27,74H,6-17,22-23,28-73H2,1-5H3/b20-18-,21-19-,26-24-,27-25-. The molecular weight excluding hydrogens is 1090 g/mol. The fourth-order valence-electron chi connectivity index (χ4n) is 11.1. The van der Waals surface area contributed by atoms with Crippen molar-refractivity contribution in [1.29, 1.82) is 0 Å². The smallest absolute Gasteiger partial charge is 0.306 e. The monoisotopic (exact) mass is 1230 g/mol. The Labute approximate surface area is 534 Å². The molecule has 0 bridgehead atoms. The van der Waals surface area contributed by atoms with Crippen molar-refractivity contribution in [2.75, 3.05) is 47.5 Å². The van der Waals surface area contributed by atoms with Crippen LogP contribution in [0.1, 0.15) is 373 Å². The van der Waals surface area contributed by atoms with Crippen molar-refractivity contribution in [2.24, 2.45) is 0 Å². The van der Waals surface area contributed by atoms with Crippen molar-refractivity contribution in [3.05, 3.63) is 48.6 Å². The summed E-state index contributed by atoms with van der Waals surface area (Å²) in [7, 11) is 1.18. The van der Waals surface area contributed by atoms with Gasteiger partial charge in [-0.2, -0.15) is 0 Å². The number of phosphoric ester groups is 1. The third-order valence-electron chi connectivity index (χ3n) is 16.8. The lowest BCUT2D eigenvalue weighted by molar-refractivity contribution is -0.870. The van der Waals surface area contributed by atoms with Gasteiger partial charge in [0.2, 0.25) is 0 Å². The van der Waals surface area contributed by atoms with Crippen molar-refractivity contribution in [3.63, 3.8) is 0 Å². The lowest BCUT2D eigenvalue weighted by Gasteiger charge is -2.28. The number of esters is 2. The molecule has 506 valence electrons. The second kappa shape index (κ2) is 67.4. The highest BCUT2D eigenvalue weighted by Crippen LogP contribution is 2.38. The number of quaternary nitrogens is 1. The molecule has 0 aromatic rings. The molecule has 2 atom stereocenters. The zero-order chi connectivity index (χ0) is 62.6. The summed E-state index contributed by atoms with van der Waals surface area (Å²) in [5, 5.41) is 0. The zero-order valence-corrected chi connectivity index (χ0v) is 58.7. The average molecular weight is 1230 g/mol. The van der Waals surface area contributed by atoms with Crippen molar-refractivity contribution >= 4 is 19.8 Å². The molecule has 0 amide bonds. The molecule has 0 fully saturated rings. The number of hydrogen-bond acceptors (Lipinski definition) is 8. The highest BCUT2D eigenvalue weighted by Gasteiger charge is 2.22. The molecular formula is C76H144NO8P. The van der Waals surface area contributed by atoms with Gasteiger partial charge in [-0.3, -0.25) is 14.2 Å². The second-order valence-electron chi connectivity index (χ2n) is 26.7. The van der Waals surface area contributed by atoms with Gasteiger partial charge in [0.05, 0.1) is 27.7 Å². The number of nitrogens with zero attached hydrogens (tertiary/aromatic N) is 1. The van der Waals surface area contributed by atoms with E-state index in [4.69, 9.17) is 18.5 Å². The molecule has 0 aromatic heterocycles. The second-order valence-corrected chi connectivity index (χ2v) is 28.1. The van der Waals surface area contributed by atoms with E-state index in [2.05, 4.69) is 62.5 Å². The molecule has 0 aliphatic heterocycles. The van der Waals surface area contributed by atoms with Gasteiger partial charge < -0.3 is 27.9 Å². The van der Waals surface area contributed by atoms with Gasteiger partial charge in [-0.05, 0) is 77.0 Å². The van der Waals surface area contributed by atoms with Gasteiger partial charge in [0.1, 0.15) is 19.8 Å². The Morgan fingerprint density at radius 3 is 0.919 bits per heavy atom. The Hall–Kier alpha value is -2.03. The first kappa shape index (κ1) is 84.0. The summed E-state index contributed by atoms with van der Waals surface area (Å²) in [6.07, 6.45) is 87.9. The molecule has 0 aromatic carbocycles. The van der Waals surface area contributed by atoms with E-state index in [0.717, 1.165) is 44.9 Å². The fraction of sp³-hybridized carbons (Fsp3) is 0.868. The predicted molar refractivity (Wildman–Crippen MR) is 370 cm³/mol. The molecule has 0 rings (SSSR count). The summed E-state index contributed by atoms with van der Waals surface area (Å²) in [6, 6.07) is 0. The minimum Gasteiger partial charge on any atom is -0.756 e. The first-order valence-corrected chi connectivity index (χ1v) is 38.8. The SMILES string of the molecule is CCCCCCC/C=C\C/C=C\CCCCCCCCCCCCCCCCCCCCCCCCCCCCCC(=O)OC(COC(=O)CCCCCCCCCCCCC/C=C\C/C=C\CCCCCCC)COP(=O)([O-])OCC[N+](C)(C)C. The van der Waals surface area contributed by atoms with Crippen LogP contribution in [0, 0.1) is 0 Å². The number of carbonyl (C=O) groups excluding carboxylic acids is 2. The van der Waals surface area contributed by atoms with Crippen LogP contribution in [0.15, 0.2) is 48.6 Å². The van der Waals surface area contributed by atoms with Crippen LogP contribution in [0.25, 0.3) is 0 Å². The van der Waals surface area contributed by atoms with Gasteiger partial charge in [-0.25, -0.2) is 0 Å². The maximum absolute atomic E-state index is 12.9. The summed E-state index contributed by atoms with van der Waals surface area (Å²) in [5.41, 5.74) is 0. The number of unbranched alkanes of at least 4 members (excludes halogenated alkanes) is 48. The average Bonchev–Trinajstić information content (AvgIpc) is 3.56. The third kappa shape index (κ3) is 71.1. The molecule has 86 heavy (non-hydrogen) atoms. The van der Waals surface area contributed by atoms with E-state index in [1.165, 1.54) is 295 Å². The van der Waals surface area contributed by atoms with Crippen LogP contribution in [0.4, 0.5) is 0 Å². The minimum atomic E-state index is -4.64. The first-order chi connectivity index (χ1) is 42.0. The van der Waals surface area contributed by atoms with Gasteiger partial charge in [0.15, 0.2) is 6.10 Å². The highest BCUT2D eigenvalue weighted by molar-refractivity contribution is 7.45. The number of ether oxygens (including phenoxy) is 2. The molecule has 2 unspecified atom stereocenters. The summed E-state index contributed by atoms with van der Waals surface area (Å²) < 4.78 is 34.3. The van der Waals surface area contributed by atoms with Crippen LogP contribution >= 0.6 is 7.82 Å².